The van der Waals surface area contributed by atoms with E-state index in [4.69, 9.17) is 16.3 Å². The zero-order chi connectivity index (χ0) is 20.3. The average molecular weight is 407 g/mol. The lowest BCUT2D eigenvalue weighted by Gasteiger charge is -2.55. The zero-order valence-electron chi connectivity index (χ0n) is 16.1. The zero-order valence-corrected chi connectivity index (χ0v) is 16.8. The molecule has 0 aromatic carbocycles. The van der Waals surface area contributed by atoms with E-state index in [1.165, 1.54) is 12.3 Å². The van der Waals surface area contributed by atoms with Crippen molar-refractivity contribution in [3.63, 3.8) is 0 Å². The molecular formula is C19H23ClN4O4. The molecule has 0 spiro atoms. The lowest BCUT2D eigenvalue weighted by molar-refractivity contribution is -0.169. The van der Waals surface area contributed by atoms with Crippen molar-refractivity contribution in [3.05, 3.63) is 23.2 Å². The van der Waals surface area contributed by atoms with Crippen molar-refractivity contribution < 1.29 is 19.4 Å². The highest BCUT2D eigenvalue weighted by atomic mass is 35.5. The Morgan fingerprint density at radius 2 is 2.18 bits per heavy atom. The number of nitrogens with zero attached hydrogens (tertiary/aromatic N) is 3. The van der Waals surface area contributed by atoms with E-state index in [0.29, 0.717) is 30.6 Å². The highest BCUT2D eigenvalue weighted by Gasteiger charge is 2.68. The van der Waals surface area contributed by atoms with Crippen molar-refractivity contribution in [2.75, 3.05) is 6.61 Å². The van der Waals surface area contributed by atoms with Crippen LogP contribution < -0.4 is 5.32 Å². The summed E-state index contributed by atoms with van der Waals surface area (Å²) in [6, 6.07) is 1.54. The molecule has 9 heteroatoms. The molecular weight excluding hydrogens is 384 g/mol. The number of fused-ring (bicyclic) bond motifs is 2. The summed E-state index contributed by atoms with van der Waals surface area (Å²) in [5, 5.41) is 13.4. The number of β-lactam (4-membered cyclic amide) rings is 1. The second-order valence-corrected chi connectivity index (χ2v) is 9.05. The van der Waals surface area contributed by atoms with Gasteiger partial charge in [0.25, 0.3) is 0 Å². The van der Waals surface area contributed by atoms with Gasteiger partial charge in [-0.15, -0.1) is 0 Å². The molecule has 3 heterocycles. The van der Waals surface area contributed by atoms with Crippen LogP contribution in [0.2, 0.25) is 5.28 Å². The van der Waals surface area contributed by atoms with Gasteiger partial charge in [0.1, 0.15) is 11.3 Å². The normalized spacial score (nSPS) is 26.8. The summed E-state index contributed by atoms with van der Waals surface area (Å²) in [4.78, 5) is 32.7. The fourth-order valence-corrected chi connectivity index (χ4v) is 4.60. The van der Waals surface area contributed by atoms with Gasteiger partial charge in [0.05, 0.1) is 23.2 Å². The minimum absolute atomic E-state index is 0.0322. The van der Waals surface area contributed by atoms with Crippen molar-refractivity contribution in [3.8, 4) is 0 Å². The number of aromatic carboxylic acids is 1. The van der Waals surface area contributed by atoms with Gasteiger partial charge in [0.2, 0.25) is 11.2 Å². The molecule has 1 amide bonds. The van der Waals surface area contributed by atoms with Crippen LogP contribution in [-0.4, -0.2) is 49.3 Å². The lowest BCUT2D eigenvalue weighted by Crippen LogP contribution is -2.77. The molecule has 1 saturated heterocycles. The molecule has 2 aromatic heterocycles. The molecule has 0 bridgehead atoms. The van der Waals surface area contributed by atoms with Crippen molar-refractivity contribution in [2.45, 2.75) is 57.7 Å². The van der Waals surface area contributed by atoms with E-state index in [9.17, 15) is 14.7 Å². The first kappa shape index (κ1) is 19.1. The molecule has 150 valence electrons. The number of carbonyl (C=O) groups is 2. The molecule has 1 aliphatic heterocycles. The van der Waals surface area contributed by atoms with Gasteiger partial charge in [0, 0.05) is 18.1 Å². The summed E-state index contributed by atoms with van der Waals surface area (Å²) in [5.74, 6) is -1.10. The number of carbonyl (C=O) groups excluding carboxylic acids is 1. The molecule has 8 nitrogen and oxygen atoms in total. The molecule has 2 fully saturated rings. The second kappa shape index (κ2) is 6.15. The molecule has 4 rings (SSSR count). The number of halogens is 1. The van der Waals surface area contributed by atoms with Gasteiger partial charge in [0.15, 0.2) is 0 Å². The van der Waals surface area contributed by atoms with E-state index in [1.54, 1.807) is 4.57 Å². The van der Waals surface area contributed by atoms with Crippen LogP contribution in [0.4, 0.5) is 0 Å². The summed E-state index contributed by atoms with van der Waals surface area (Å²) < 4.78 is 7.63. The largest absolute Gasteiger partial charge is 0.477 e. The van der Waals surface area contributed by atoms with E-state index in [1.807, 2.05) is 20.8 Å². The number of nitrogens with one attached hydrogen (secondary N) is 1. The molecule has 2 unspecified atom stereocenters. The smallest absolute Gasteiger partial charge is 0.352 e. The van der Waals surface area contributed by atoms with Gasteiger partial charge in [-0.2, -0.15) is 4.98 Å². The topological polar surface area (TPSA) is 106 Å². The molecule has 1 aliphatic carbocycles. The molecule has 0 radical (unpaired) electrons. The number of carboxylic acid groups (broad SMARTS) is 1. The predicted octanol–water partition coefficient (Wildman–Crippen LogP) is 2.64. The van der Waals surface area contributed by atoms with Crippen LogP contribution in [0.1, 0.15) is 50.5 Å². The number of ether oxygens (including phenoxy) is 1. The number of aromatic nitrogens is 3. The first-order chi connectivity index (χ1) is 13.1. The van der Waals surface area contributed by atoms with Crippen LogP contribution >= 0.6 is 11.6 Å². The van der Waals surface area contributed by atoms with Gasteiger partial charge in [-0.25, -0.2) is 9.78 Å². The van der Waals surface area contributed by atoms with Crippen LogP contribution in [0.15, 0.2) is 12.3 Å². The first-order valence-electron chi connectivity index (χ1n) is 9.29. The highest BCUT2D eigenvalue weighted by molar-refractivity contribution is 6.28. The molecule has 2 aromatic rings. The Morgan fingerprint density at radius 3 is 2.82 bits per heavy atom. The van der Waals surface area contributed by atoms with E-state index < -0.39 is 16.9 Å². The quantitative estimate of drug-likeness (QED) is 0.584. The van der Waals surface area contributed by atoms with E-state index in [0.717, 1.165) is 12.8 Å². The maximum absolute atomic E-state index is 12.7. The molecule has 2 N–H and O–H groups in total. The summed E-state index contributed by atoms with van der Waals surface area (Å²) in [5.41, 5.74) is -1.05. The van der Waals surface area contributed by atoms with Crippen molar-refractivity contribution in [1.82, 2.24) is 19.9 Å². The molecule has 2 aliphatic rings. The SMILES string of the molecule is CC(C)(C)OCC12CCCC1(Cn1c(C(=O)O)cc3cnc(Cl)nc31)NC2=O. The van der Waals surface area contributed by atoms with Gasteiger partial charge >= 0.3 is 5.97 Å². The Balaban J connectivity index is 1.76. The lowest BCUT2D eigenvalue weighted by atomic mass is 9.64. The van der Waals surface area contributed by atoms with Gasteiger partial charge < -0.3 is 19.7 Å². The van der Waals surface area contributed by atoms with Crippen molar-refractivity contribution in [1.29, 1.82) is 0 Å². The Bertz CT molecular complexity index is 982. The number of carboxylic acids is 1. The Morgan fingerprint density at radius 1 is 1.43 bits per heavy atom. The van der Waals surface area contributed by atoms with Gasteiger partial charge in [-0.05, 0) is 57.7 Å². The summed E-state index contributed by atoms with van der Waals surface area (Å²) >= 11 is 5.95. The fourth-order valence-electron chi connectivity index (χ4n) is 4.47. The predicted molar refractivity (Wildman–Crippen MR) is 102 cm³/mol. The summed E-state index contributed by atoms with van der Waals surface area (Å²) in [6.07, 6.45) is 3.84. The Kier molecular flexibility index (Phi) is 4.21. The maximum Gasteiger partial charge on any atom is 0.352 e. The van der Waals surface area contributed by atoms with Crippen LogP contribution in [0.3, 0.4) is 0 Å². The number of amides is 1. The van der Waals surface area contributed by atoms with Crippen LogP contribution in [0.5, 0.6) is 0 Å². The van der Waals surface area contributed by atoms with E-state index in [2.05, 4.69) is 15.3 Å². The minimum Gasteiger partial charge on any atom is -0.477 e. The number of hydrogen-bond donors (Lipinski definition) is 2. The molecule has 2 atom stereocenters. The molecule has 28 heavy (non-hydrogen) atoms. The number of rotatable bonds is 5. The third-order valence-electron chi connectivity index (χ3n) is 5.91. The standard InChI is InChI=1S/C19H23ClN4O4/c1-17(2,3)28-10-18-5-4-6-19(18,23-15(18)27)9-24-12(14(25)26)7-11-8-21-16(20)22-13(11)24/h7-8H,4-6,9-10H2,1-3H3,(H,23,27)(H,25,26). The maximum atomic E-state index is 12.7. The third-order valence-corrected chi connectivity index (χ3v) is 6.10. The van der Waals surface area contributed by atoms with Crippen molar-refractivity contribution in [2.24, 2.45) is 5.41 Å². The first-order valence-corrected chi connectivity index (χ1v) is 9.66. The van der Waals surface area contributed by atoms with Gasteiger partial charge in [-0.1, -0.05) is 0 Å². The Hall–Kier alpha value is -2.19. The average Bonchev–Trinajstić information content (AvgIpc) is 3.08. The van der Waals surface area contributed by atoms with Crippen LogP contribution in [0, 0.1) is 5.41 Å². The fraction of sp³-hybridized carbons (Fsp3) is 0.579. The van der Waals surface area contributed by atoms with E-state index >= 15 is 0 Å². The van der Waals surface area contributed by atoms with Crippen LogP contribution in [-0.2, 0) is 16.1 Å². The summed E-state index contributed by atoms with van der Waals surface area (Å²) in [6.45, 7) is 6.47. The number of hydrogen-bond acceptors (Lipinski definition) is 5. The second-order valence-electron chi connectivity index (χ2n) is 8.71. The van der Waals surface area contributed by atoms with Gasteiger partial charge in [-0.3, -0.25) is 4.79 Å². The highest BCUT2D eigenvalue weighted by Crippen LogP contribution is 2.55. The third kappa shape index (κ3) is 2.78. The van der Waals surface area contributed by atoms with E-state index in [-0.39, 0.29) is 22.5 Å². The van der Waals surface area contributed by atoms with Crippen molar-refractivity contribution >= 4 is 34.5 Å². The van der Waals surface area contributed by atoms with Crippen LogP contribution in [0.25, 0.3) is 11.0 Å². The molecule has 1 saturated carbocycles. The Labute approximate surface area is 167 Å². The monoisotopic (exact) mass is 406 g/mol. The summed E-state index contributed by atoms with van der Waals surface area (Å²) in [7, 11) is 0. The minimum atomic E-state index is -1.06.